The van der Waals surface area contributed by atoms with Gasteiger partial charge in [0.05, 0.1) is 6.61 Å². The van der Waals surface area contributed by atoms with Crippen molar-refractivity contribution in [2.24, 2.45) is 5.92 Å². The van der Waals surface area contributed by atoms with E-state index in [4.69, 9.17) is 16.3 Å². The van der Waals surface area contributed by atoms with Crippen molar-refractivity contribution < 1.29 is 22.7 Å². The minimum Gasteiger partial charge on any atom is -0.492 e. The second-order valence-electron chi connectivity index (χ2n) is 7.71. The van der Waals surface area contributed by atoms with E-state index in [1.165, 1.54) is 26.2 Å². The number of hydrogen-bond acceptors (Lipinski definition) is 5. The molecular formula is C23H30ClN3O5S. The normalized spacial score (nSPS) is 13.3. The Morgan fingerprint density at radius 3 is 2.27 bits per heavy atom. The van der Waals surface area contributed by atoms with E-state index in [1.807, 2.05) is 13.8 Å². The summed E-state index contributed by atoms with van der Waals surface area (Å²) >= 11 is 5.88. The predicted molar refractivity (Wildman–Crippen MR) is 129 cm³/mol. The molecule has 0 aliphatic carbocycles. The molecule has 2 aromatic rings. The lowest BCUT2D eigenvalue weighted by Gasteiger charge is -2.24. The van der Waals surface area contributed by atoms with Crippen LogP contribution in [0.25, 0.3) is 0 Å². The fourth-order valence-electron chi connectivity index (χ4n) is 3.01. The minimum absolute atomic E-state index is 0.0579. The van der Waals surface area contributed by atoms with Crippen LogP contribution < -0.4 is 15.4 Å². The van der Waals surface area contributed by atoms with Crippen molar-refractivity contribution >= 4 is 39.1 Å². The first-order chi connectivity index (χ1) is 15.5. The second-order valence-corrected chi connectivity index (χ2v) is 10.3. The number of nitrogens with one attached hydrogen (secondary N) is 2. The lowest BCUT2D eigenvalue weighted by Crippen LogP contribution is -2.47. The Bertz CT molecular complexity index is 1090. The topological polar surface area (TPSA) is 105 Å². The number of amides is 2. The molecule has 33 heavy (non-hydrogen) atoms. The highest BCUT2D eigenvalue weighted by Crippen LogP contribution is 2.29. The second kappa shape index (κ2) is 11.5. The highest BCUT2D eigenvalue weighted by molar-refractivity contribution is 7.89. The maximum absolute atomic E-state index is 13.1. The van der Waals surface area contributed by atoms with Crippen molar-refractivity contribution in [1.82, 2.24) is 9.62 Å². The smallest absolute Gasteiger partial charge is 0.251 e. The van der Waals surface area contributed by atoms with E-state index in [-0.39, 0.29) is 28.9 Å². The van der Waals surface area contributed by atoms with Gasteiger partial charge >= 0.3 is 0 Å². The Morgan fingerprint density at radius 2 is 1.73 bits per heavy atom. The van der Waals surface area contributed by atoms with Crippen molar-refractivity contribution in [1.29, 1.82) is 0 Å². The number of carbonyl (C=O) groups excluding carboxylic acids is 2. The lowest BCUT2D eigenvalue weighted by molar-refractivity contribution is -0.119. The largest absolute Gasteiger partial charge is 0.492 e. The van der Waals surface area contributed by atoms with E-state index in [2.05, 4.69) is 10.6 Å². The minimum atomic E-state index is -3.81. The molecule has 2 N–H and O–H groups in total. The number of anilines is 1. The highest BCUT2D eigenvalue weighted by atomic mass is 35.5. The molecular weight excluding hydrogens is 466 g/mol. The number of benzene rings is 2. The molecule has 0 radical (unpaired) electrons. The Balaban J connectivity index is 2.31. The summed E-state index contributed by atoms with van der Waals surface area (Å²) in [4.78, 5) is 25.7. The number of sulfonamides is 1. The van der Waals surface area contributed by atoms with Gasteiger partial charge in [-0.05, 0) is 55.3 Å². The number of hydrogen-bond donors (Lipinski definition) is 2. The van der Waals surface area contributed by atoms with Crippen LogP contribution in [0.4, 0.5) is 5.69 Å². The zero-order valence-electron chi connectivity index (χ0n) is 19.4. The molecule has 0 fully saturated rings. The van der Waals surface area contributed by atoms with Crippen molar-refractivity contribution in [2.75, 3.05) is 26.0 Å². The molecule has 0 saturated carbocycles. The third kappa shape index (κ3) is 6.69. The van der Waals surface area contributed by atoms with E-state index < -0.39 is 27.9 Å². The first-order valence-electron chi connectivity index (χ1n) is 10.6. The molecule has 2 aromatic carbocycles. The standard InChI is InChI=1S/C23H30ClN3O5S/c1-6-15(3)21(26-22(28)16-8-10-17(24)11-9-16)23(29)25-18-12-13-19(32-7-2)20(14-18)33(30,31)27(4)5/h8-15,21H,6-7H2,1-5H3,(H,25,29)(H,26,28). The summed E-state index contributed by atoms with van der Waals surface area (Å²) < 4.78 is 32.0. The molecule has 8 nitrogen and oxygen atoms in total. The lowest BCUT2D eigenvalue weighted by atomic mass is 9.97. The number of rotatable bonds is 10. The highest BCUT2D eigenvalue weighted by Gasteiger charge is 2.28. The van der Waals surface area contributed by atoms with Crippen molar-refractivity contribution in [2.45, 2.75) is 38.1 Å². The molecule has 0 aliphatic heterocycles. The summed E-state index contributed by atoms with van der Waals surface area (Å²) in [5.41, 5.74) is 0.652. The summed E-state index contributed by atoms with van der Waals surface area (Å²) in [6, 6.07) is 9.93. The Kier molecular flexibility index (Phi) is 9.27. The van der Waals surface area contributed by atoms with Crippen LogP contribution in [0.15, 0.2) is 47.4 Å². The van der Waals surface area contributed by atoms with Crippen LogP contribution in [0, 0.1) is 5.92 Å². The van der Waals surface area contributed by atoms with Gasteiger partial charge in [-0.1, -0.05) is 31.9 Å². The molecule has 10 heteroatoms. The molecule has 2 atom stereocenters. The molecule has 0 heterocycles. The molecule has 0 aliphatic rings. The van der Waals surface area contributed by atoms with Crippen LogP contribution in [0.3, 0.4) is 0 Å². The van der Waals surface area contributed by atoms with Gasteiger partial charge in [0.2, 0.25) is 15.9 Å². The summed E-state index contributed by atoms with van der Waals surface area (Å²) in [6.45, 7) is 5.81. The molecule has 0 saturated heterocycles. The maximum atomic E-state index is 13.1. The van der Waals surface area contributed by atoms with Crippen LogP contribution in [0.5, 0.6) is 5.75 Å². The maximum Gasteiger partial charge on any atom is 0.251 e. The van der Waals surface area contributed by atoms with Gasteiger partial charge in [-0.25, -0.2) is 12.7 Å². The van der Waals surface area contributed by atoms with Gasteiger partial charge in [-0.3, -0.25) is 9.59 Å². The first kappa shape index (κ1) is 26.6. The van der Waals surface area contributed by atoms with Crippen LogP contribution in [-0.2, 0) is 14.8 Å². The predicted octanol–water partition coefficient (Wildman–Crippen LogP) is 3.77. The van der Waals surface area contributed by atoms with Crippen LogP contribution in [0.1, 0.15) is 37.6 Å². The number of halogens is 1. The van der Waals surface area contributed by atoms with Crippen LogP contribution >= 0.6 is 11.6 Å². The van der Waals surface area contributed by atoms with E-state index in [9.17, 15) is 18.0 Å². The zero-order chi connectivity index (χ0) is 24.8. The summed E-state index contributed by atoms with van der Waals surface area (Å²) in [5, 5.41) is 6.01. The van der Waals surface area contributed by atoms with E-state index >= 15 is 0 Å². The van der Waals surface area contributed by atoms with Crippen LogP contribution in [-0.4, -0.2) is 51.3 Å². The summed E-state index contributed by atoms with van der Waals surface area (Å²) in [5.74, 6) is -0.841. The average molecular weight is 496 g/mol. The summed E-state index contributed by atoms with van der Waals surface area (Å²) in [7, 11) is -0.975. The molecule has 0 bridgehead atoms. The van der Waals surface area contributed by atoms with E-state index in [1.54, 1.807) is 37.3 Å². The Hall–Kier alpha value is -2.62. The molecule has 0 aromatic heterocycles. The fraction of sp³-hybridized carbons (Fsp3) is 0.391. The fourth-order valence-corrected chi connectivity index (χ4v) is 4.18. The number of carbonyl (C=O) groups is 2. The van der Waals surface area contributed by atoms with Gasteiger partial charge < -0.3 is 15.4 Å². The molecule has 0 spiro atoms. The average Bonchev–Trinajstić information content (AvgIpc) is 2.78. The third-order valence-electron chi connectivity index (χ3n) is 5.16. The van der Waals surface area contributed by atoms with Gasteiger partial charge in [0.15, 0.2) is 0 Å². The van der Waals surface area contributed by atoms with Crippen LogP contribution in [0.2, 0.25) is 5.02 Å². The molecule has 2 rings (SSSR count). The number of nitrogens with zero attached hydrogens (tertiary/aromatic N) is 1. The van der Waals surface area contributed by atoms with Gasteiger partial charge in [0.25, 0.3) is 5.91 Å². The van der Waals surface area contributed by atoms with E-state index in [0.29, 0.717) is 17.0 Å². The van der Waals surface area contributed by atoms with Crippen molar-refractivity contribution in [3.63, 3.8) is 0 Å². The summed E-state index contributed by atoms with van der Waals surface area (Å²) in [6.07, 6.45) is 0.641. The zero-order valence-corrected chi connectivity index (χ0v) is 21.0. The van der Waals surface area contributed by atoms with Gasteiger partial charge in [-0.15, -0.1) is 0 Å². The van der Waals surface area contributed by atoms with Gasteiger partial charge in [0, 0.05) is 30.4 Å². The SMILES string of the molecule is CCOc1ccc(NC(=O)C(NC(=O)c2ccc(Cl)cc2)C(C)CC)cc1S(=O)(=O)N(C)C. The van der Waals surface area contributed by atoms with Crippen molar-refractivity contribution in [3.8, 4) is 5.75 Å². The van der Waals surface area contributed by atoms with E-state index in [0.717, 1.165) is 4.31 Å². The van der Waals surface area contributed by atoms with Gasteiger partial charge in [-0.2, -0.15) is 0 Å². The Labute approximate surface area is 200 Å². The molecule has 180 valence electrons. The molecule has 2 amide bonds. The Morgan fingerprint density at radius 1 is 1.09 bits per heavy atom. The monoisotopic (exact) mass is 495 g/mol. The first-order valence-corrected chi connectivity index (χ1v) is 12.4. The third-order valence-corrected chi connectivity index (χ3v) is 7.25. The van der Waals surface area contributed by atoms with Crippen molar-refractivity contribution in [3.05, 3.63) is 53.1 Å². The van der Waals surface area contributed by atoms with Gasteiger partial charge in [0.1, 0.15) is 16.7 Å². The quantitative estimate of drug-likeness (QED) is 0.522. The molecule has 2 unspecified atom stereocenters. The number of ether oxygens (including phenoxy) is 1.